The van der Waals surface area contributed by atoms with Crippen molar-refractivity contribution in [1.29, 1.82) is 0 Å². The van der Waals surface area contributed by atoms with Crippen molar-refractivity contribution in [3.8, 4) is 0 Å². The lowest BCUT2D eigenvalue weighted by atomic mass is 10.1. The molecule has 2 amide bonds. The molecule has 1 aromatic heterocycles. The number of carbonyl (C=O) groups excluding carboxylic acids is 2. The number of hydrogen-bond donors (Lipinski definition) is 2. The van der Waals surface area contributed by atoms with E-state index >= 15 is 0 Å². The van der Waals surface area contributed by atoms with Crippen LogP contribution < -0.4 is 10.6 Å². The highest BCUT2D eigenvalue weighted by molar-refractivity contribution is 7.13. The lowest BCUT2D eigenvalue weighted by molar-refractivity contribution is 0.0200. The van der Waals surface area contributed by atoms with Crippen LogP contribution in [0.2, 0.25) is 15.1 Å². The summed E-state index contributed by atoms with van der Waals surface area (Å²) in [6.45, 7) is 2.07. The molecule has 2 N–H and O–H groups in total. The molecular weight excluding hydrogens is 535 g/mol. The van der Waals surface area contributed by atoms with Crippen LogP contribution in [0.3, 0.4) is 0 Å². The zero-order valence-electron chi connectivity index (χ0n) is 18.7. The minimum atomic E-state index is -0.447. The fourth-order valence-corrected chi connectivity index (χ4v) is 4.43. The van der Waals surface area contributed by atoms with Crippen LogP contribution in [0, 0.1) is 0 Å². The van der Waals surface area contributed by atoms with E-state index in [0.717, 1.165) is 0 Å². The maximum Gasteiger partial charge on any atom is 0.267 e. The van der Waals surface area contributed by atoms with Crippen molar-refractivity contribution in [3.05, 3.63) is 78.9 Å². The SMILES string of the molecule is COCCOCCOCc1csc(C(=O)Nc2ccc(Cl)cc2C(=O)Nc2ccc(Cl)cc2)c1Cl. The van der Waals surface area contributed by atoms with Gasteiger partial charge in [-0.3, -0.25) is 9.59 Å². The monoisotopic (exact) mass is 556 g/mol. The molecule has 0 radical (unpaired) electrons. The maximum atomic E-state index is 12.9. The van der Waals surface area contributed by atoms with Gasteiger partial charge in [0.15, 0.2) is 0 Å². The Hall–Kier alpha value is -2.17. The molecule has 11 heteroatoms. The second-order valence-electron chi connectivity index (χ2n) is 7.17. The maximum absolute atomic E-state index is 12.9. The summed E-state index contributed by atoms with van der Waals surface area (Å²) in [5, 5.41) is 8.48. The summed E-state index contributed by atoms with van der Waals surface area (Å²) < 4.78 is 15.8. The third kappa shape index (κ3) is 8.18. The van der Waals surface area contributed by atoms with Crippen LogP contribution in [0.1, 0.15) is 25.6 Å². The second-order valence-corrected chi connectivity index (χ2v) is 9.30. The minimum Gasteiger partial charge on any atom is -0.382 e. The molecule has 0 aliphatic carbocycles. The second kappa shape index (κ2) is 13.8. The van der Waals surface area contributed by atoms with Gasteiger partial charge in [0.2, 0.25) is 0 Å². The zero-order chi connectivity index (χ0) is 25.2. The van der Waals surface area contributed by atoms with Crippen molar-refractivity contribution in [2.45, 2.75) is 6.61 Å². The van der Waals surface area contributed by atoms with Gasteiger partial charge in [-0.1, -0.05) is 34.8 Å². The molecule has 1 heterocycles. The summed E-state index contributed by atoms with van der Waals surface area (Å²) in [5.74, 6) is -0.888. The number of methoxy groups -OCH3 is 1. The van der Waals surface area contributed by atoms with Crippen LogP contribution in [-0.2, 0) is 20.8 Å². The Kier molecular flexibility index (Phi) is 10.8. The molecule has 0 aliphatic heterocycles. The Bertz CT molecular complexity index is 1150. The van der Waals surface area contributed by atoms with Crippen LogP contribution in [0.4, 0.5) is 11.4 Å². The molecule has 0 unspecified atom stereocenters. The first-order chi connectivity index (χ1) is 16.9. The molecule has 2 aromatic carbocycles. The van der Waals surface area contributed by atoms with Gasteiger partial charge in [-0.15, -0.1) is 11.3 Å². The predicted molar refractivity (Wildman–Crippen MR) is 140 cm³/mol. The Labute approximate surface area is 222 Å². The van der Waals surface area contributed by atoms with Gasteiger partial charge in [-0.2, -0.15) is 0 Å². The van der Waals surface area contributed by atoms with Crippen LogP contribution in [-0.4, -0.2) is 45.4 Å². The summed E-state index contributed by atoms with van der Waals surface area (Å²) in [4.78, 5) is 26.1. The molecule has 0 saturated heterocycles. The Balaban J connectivity index is 1.63. The van der Waals surface area contributed by atoms with Gasteiger partial charge in [0.1, 0.15) is 4.88 Å². The van der Waals surface area contributed by atoms with E-state index in [0.29, 0.717) is 63.3 Å². The highest BCUT2D eigenvalue weighted by Gasteiger charge is 2.20. The minimum absolute atomic E-state index is 0.200. The van der Waals surface area contributed by atoms with Gasteiger partial charge in [0.25, 0.3) is 11.8 Å². The molecule has 0 spiro atoms. The average Bonchev–Trinajstić information content (AvgIpc) is 3.21. The molecule has 0 saturated carbocycles. The van der Waals surface area contributed by atoms with Crippen LogP contribution in [0.15, 0.2) is 47.8 Å². The largest absolute Gasteiger partial charge is 0.382 e. The van der Waals surface area contributed by atoms with E-state index < -0.39 is 11.8 Å². The van der Waals surface area contributed by atoms with Crippen molar-refractivity contribution in [2.75, 3.05) is 44.2 Å². The molecule has 0 atom stereocenters. The number of thiophene rings is 1. The van der Waals surface area contributed by atoms with Crippen molar-refractivity contribution in [1.82, 2.24) is 0 Å². The van der Waals surface area contributed by atoms with Crippen molar-refractivity contribution < 1.29 is 23.8 Å². The topological polar surface area (TPSA) is 85.9 Å². The third-order valence-corrected chi connectivity index (χ3v) is 6.70. The summed E-state index contributed by atoms with van der Waals surface area (Å²) in [7, 11) is 1.61. The van der Waals surface area contributed by atoms with E-state index in [4.69, 9.17) is 49.0 Å². The first-order valence-electron chi connectivity index (χ1n) is 10.5. The molecule has 0 bridgehead atoms. The first kappa shape index (κ1) is 27.4. The molecule has 3 aromatic rings. The van der Waals surface area contributed by atoms with Gasteiger partial charge >= 0.3 is 0 Å². The van der Waals surface area contributed by atoms with Crippen LogP contribution >= 0.6 is 46.1 Å². The fraction of sp³-hybridized carbons (Fsp3) is 0.250. The van der Waals surface area contributed by atoms with Crippen molar-refractivity contribution in [3.63, 3.8) is 0 Å². The van der Waals surface area contributed by atoms with E-state index in [1.165, 1.54) is 17.4 Å². The molecular formula is C24H23Cl3N2O5S. The van der Waals surface area contributed by atoms with Crippen LogP contribution in [0.25, 0.3) is 0 Å². The standard InChI is InChI=1S/C24H23Cl3N2O5S/c1-32-8-9-33-10-11-34-13-15-14-35-22(21(15)27)24(31)29-20-7-4-17(26)12-19(20)23(30)28-18-5-2-16(25)3-6-18/h2-7,12,14H,8-11,13H2,1H3,(H,28,30)(H,29,31). The van der Waals surface area contributed by atoms with Gasteiger partial charge in [0.05, 0.1) is 49.3 Å². The van der Waals surface area contributed by atoms with E-state index in [2.05, 4.69) is 10.6 Å². The normalized spacial score (nSPS) is 10.9. The van der Waals surface area contributed by atoms with Crippen LogP contribution in [0.5, 0.6) is 0 Å². The Morgan fingerprint density at radius 2 is 1.54 bits per heavy atom. The number of hydrogen-bond acceptors (Lipinski definition) is 6. The number of nitrogens with one attached hydrogen (secondary N) is 2. The highest BCUT2D eigenvalue weighted by Crippen LogP contribution is 2.30. The smallest absolute Gasteiger partial charge is 0.267 e. The molecule has 186 valence electrons. The van der Waals surface area contributed by atoms with E-state index in [9.17, 15) is 9.59 Å². The van der Waals surface area contributed by atoms with Crippen molar-refractivity contribution >= 4 is 69.3 Å². The molecule has 0 fully saturated rings. The van der Waals surface area contributed by atoms with E-state index in [-0.39, 0.29) is 12.2 Å². The number of benzene rings is 2. The van der Waals surface area contributed by atoms with Crippen molar-refractivity contribution in [2.24, 2.45) is 0 Å². The summed E-state index contributed by atoms with van der Waals surface area (Å²) in [6.07, 6.45) is 0. The fourth-order valence-electron chi connectivity index (χ4n) is 2.90. The number of carbonyl (C=O) groups is 2. The Morgan fingerprint density at radius 1 is 0.857 bits per heavy atom. The summed E-state index contributed by atoms with van der Waals surface area (Å²) >= 11 is 19.6. The highest BCUT2D eigenvalue weighted by atomic mass is 35.5. The molecule has 0 aliphatic rings. The van der Waals surface area contributed by atoms with E-state index in [1.54, 1.807) is 48.9 Å². The number of ether oxygens (including phenoxy) is 3. The number of rotatable bonds is 12. The van der Waals surface area contributed by atoms with Gasteiger partial charge < -0.3 is 24.8 Å². The predicted octanol–water partition coefficient (Wildman–Crippen LogP) is 6.39. The number of halogens is 3. The lowest BCUT2D eigenvalue weighted by Gasteiger charge is -2.12. The molecule has 35 heavy (non-hydrogen) atoms. The van der Waals surface area contributed by atoms with Gasteiger partial charge in [-0.25, -0.2) is 0 Å². The third-order valence-electron chi connectivity index (χ3n) is 4.64. The van der Waals surface area contributed by atoms with Gasteiger partial charge in [0, 0.05) is 28.4 Å². The lowest BCUT2D eigenvalue weighted by Crippen LogP contribution is -2.18. The number of amides is 2. The summed E-state index contributed by atoms with van der Waals surface area (Å²) in [6, 6.07) is 11.3. The first-order valence-corrected chi connectivity index (χ1v) is 12.5. The quantitative estimate of drug-likeness (QED) is 0.252. The van der Waals surface area contributed by atoms with Gasteiger partial charge in [-0.05, 0) is 47.8 Å². The average molecular weight is 558 g/mol. The summed E-state index contributed by atoms with van der Waals surface area (Å²) in [5.41, 5.74) is 1.73. The zero-order valence-corrected chi connectivity index (χ0v) is 21.8. The molecule has 7 nitrogen and oxygen atoms in total. The number of anilines is 2. The molecule has 3 rings (SSSR count). The Morgan fingerprint density at radius 3 is 2.29 bits per heavy atom. The van der Waals surface area contributed by atoms with E-state index in [1.807, 2.05) is 0 Å².